The molecule has 0 heterocycles. The van der Waals surface area contributed by atoms with Gasteiger partial charge in [-0.15, -0.1) is 0 Å². The van der Waals surface area contributed by atoms with Gasteiger partial charge in [-0.3, -0.25) is 0 Å². The maximum atomic E-state index is 9.89. The van der Waals surface area contributed by atoms with Crippen molar-refractivity contribution in [1.29, 1.82) is 0 Å². The Morgan fingerprint density at radius 2 is 2.00 bits per heavy atom. The summed E-state index contributed by atoms with van der Waals surface area (Å²) in [6.07, 6.45) is 3.46. The van der Waals surface area contributed by atoms with E-state index in [-0.39, 0.29) is 12.4 Å². The number of hydrogen-bond donors (Lipinski definition) is 3. The Labute approximate surface area is 96.4 Å². The van der Waals surface area contributed by atoms with Crippen molar-refractivity contribution >= 4 is 0 Å². The molecule has 3 heteroatoms. The van der Waals surface area contributed by atoms with Crippen LogP contribution in [0.1, 0.15) is 49.8 Å². The van der Waals surface area contributed by atoms with Crippen LogP contribution in [0.3, 0.4) is 0 Å². The van der Waals surface area contributed by atoms with E-state index in [0.29, 0.717) is 5.56 Å². The van der Waals surface area contributed by atoms with Crippen LogP contribution in [0.5, 0.6) is 5.75 Å². The summed E-state index contributed by atoms with van der Waals surface area (Å²) in [5, 5.41) is 28.3. The van der Waals surface area contributed by atoms with Gasteiger partial charge < -0.3 is 15.3 Å². The first-order valence-electron chi connectivity index (χ1n) is 5.79. The molecule has 0 spiro atoms. The molecule has 0 saturated heterocycles. The molecule has 16 heavy (non-hydrogen) atoms. The predicted molar refractivity (Wildman–Crippen MR) is 63.1 cm³/mol. The summed E-state index contributed by atoms with van der Waals surface area (Å²) in [5.41, 5.74) is 1.23. The molecule has 3 N–H and O–H groups in total. The fourth-order valence-electron chi connectivity index (χ4n) is 1.69. The van der Waals surface area contributed by atoms with Crippen LogP contribution in [0, 0.1) is 0 Å². The summed E-state index contributed by atoms with van der Waals surface area (Å²) in [5.74, 6) is 0.0759. The smallest absolute Gasteiger partial charge is 0.121 e. The van der Waals surface area contributed by atoms with Crippen LogP contribution >= 0.6 is 0 Å². The van der Waals surface area contributed by atoms with Crippen LogP contribution in [0.15, 0.2) is 18.2 Å². The van der Waals surface area contributed by atoms with Crippen LogP contribution in [0.2, 0.25) is 0 Å². The molecule has 0 unspecified atom stereocenters. The van der Waals surface area contributed by atoms with Gasteiger partial charge in [0.2, 0.25) is 0 Å². The van der Waals surface area contributed by atoms with Gasteiger partial charge in [-0.05, 0) is 24.1 Å². The lowest BCUT2D eigenvalue weighted by atomic mass is 10.0. The quantitative estimate of drug-likeness (QED) is 0.651. The molecule has 0 aliphatic heterocycles. The molecule has 1 aromatic carbocycles. The zero-order valence-electron chi connectivity index (χ0n) is 9.69. The highest BCUT2D eigenvalue weighted by atomic mass is 16.3. The second-order valence-corrected chi connectivity index (χ2v) is 4.06. The first-order valence-corrected chi connectivity index (χ1v) is 5.79. The fourth-order valence-corrected chi connectivity index (χ4v) is 1.69. The molecule has 0 aliphatic rings. The van der Waals surface area contributed by atoms with E-state index in [1.807, 2.05) is 0 Å². The average Bonchev–Trinajstić information content (AvgIpc) is 2.30. The first-order chi connectivity index (χ1) is 7.69. The Morgan fingerprint density at radius 1 is 1.25 bits per heavy atom. The van der Waals surface area contributed by atoms with Crippen molar-refractivity contribution in [3.8, 4) is 5.75 Å². The lowest BCUT2D eigenvalue weighted by Gasteiger charge is -2.12. The molecule has 1 aromatic rings. The second-order valence-electron chi connectivity index (χ2n) is 4.06. The minimum Gasteiger partial charge on any atom is -0.508 e. The summed E-state index contributed by atoms with van der Waals surface area (Å²) in [7, 11) is 0. The highest BCUT2D eigenvalue weighted by Gasteiger charge is 2.09. The van der Waals surface area contributed by atoms with Gasteiger partial charge in [0, 0.05) is 5.56 Å². The Balaban J connectivity index is 2.64. The van der Waals surface area contributed by atoms with E-state index in [2.05, 4.69) is 6.92 Å². The van der Waals surface area contributed by atoms with Gasteiger partial charge in [-0.1, -0.05) is 32.3 Å². The molecule has 0 saturated carbocycles. The van der Waals surface area contributed by atoms with Crippen molar-refractivity contribution < 1.29 is 15.3 Å². The lowest BCUT2D eigenvalue weighted by Crippen LogP contribution is -1.98. The number of phenols is 1. The van der Waals surface area contributed by atoms with Crippen molar-refractivity contribution in [2.45, 2.75) is 45.3 Å². The Hall–Kier alpha value is -1.06. The summed E-state index contributed by atoms with van der Waals surface area (Å²) in [6.45, 7) is 1.91. The third-order valence-corrected chi connectivity index (χ3v) is 2.74. The van der Waals surface area contributed by atoms with E-state index < -0.39 is 6.10 Å². The summed E-state index contributed by atoms with van der Waals surface area (Å²) >= 11 is 0. The monoisotopic (exact) mass is 224 g/mol. The number of aliphatic hydroxyl groups is 2. The fraction of sp³-hybridized carbons (Fsp3) is 0.538. The van der Waals surface area contributed by atoms with Crippen molar-refractivity contribution in [3.05, 3.63) is 29.3 Å². The van der Waals surface area contributed by atoms with Gasteiger partial charge in [-0.2, -0.15) is 0 Å². The maximum Gasteiger partial charge on any atom is 0.121 e. The molecule has 0 bridgehead atoms. The average molecular weight is 224 g/mol. The van der Waals surface area contributed by atoms with Crippen LogP contribution in [-0.4, -0.2) is 15.3 Å². The number of unbranched alkanes of at least 4 members (excludes halogenated alkanes) is 2. The van der Waals surface area contributed by atoms with E-state index in [1.165, 1.54) is 6.07 Å². The molecule has 0 radical (unpaired) electrons. The summed E-state index contributed by atoms with van der Waals surface area (Å²) < 4.78 is 0. The standard InChI is InChI=1S/C13H20O3/c1-2-3-4-5-12(15)10-6-7-13(16)11(8-10)9-14/h6-8,12,14-16H,2-5,9H2,1H3/t12-/m0/s1. The normalized spacial score (nSPS) is 12.7. The van der Waals surface area contributed by atoms with Crippen molar-refractivity contribution in [2.75, 3.05) is 0 Å². The van der Waals surface area contributed by atoms with Crippen molar-refractivity contribution in [2.24, 2.45) is 0 Å². The summed E-state index contributed by atoms with van der Waals surface area (Å²) in [6, 6.07) is 4.88. The van der Waals surface area contributed by atoms with Gasteiger partial charge in [0.1, 0.15) is 5.75 Å². The number of aromatic hydroxyl groups is 1. The number of aliphatic hydroxyl groups excluding tert-OH is 2. The Bertz CT molecular complexity index is 323. The van der Waals surface area contributed by atoms with E-state index in [0.717, 1.165) is 31.2 Å². The minimum atomic E-state index is -0.502. The van der Waals surface area contributed by atoms with Crippen LogP contribution in [0.4, 0.5) is 0 Å². The molecule has 0 aliphatic carbocycles. The summed E-state index contributed by atoms with van der Waals surface area (Å²) in [4.78, 5) is 0. The van der Waals surface area contributed by atoms with Gasteiger partial charge in [0.05, 0.1) is 12.7 Å². The molecule has 90 valence electrons. The number of benzene rings is 1. The largest absolute Gasteiger partial charge is 0.508 e. The zero-order chi connectivity index (χ0) is 12.0. The highest BCUT2D eigenvalue weighted by Crippen LogP contribution is 2.25. The van der Waals surface area contributed by atoms with Crippen LogP contribution in [0.25, 0.3) is 0 Å². The molecule has 0 amide bonds. The predicted octanol–water partition coefficient (Wildman–Crippen LogP) is 2.50. The third kappa shape index (κ3) is 3.51. The SMILES string of the molecule is CCCCC[C@H](O)c1ccc(O)c(CO)c1. The van der Waals surface area contributed by atoms with Gasteiger partial charge in [-0.25, -0.2) is 0 Å². The maximum absolute atomic E-state index is 9.89. The second kappa shape index (κ2) is 6.51. The topological polar surface area (TPSA) is 60.7 Å². The Morgan fingerprint density at radius 3 is 2.62 bits per heavy atom. The molecule has 3 nitrogen and oxygen atoms in total. The lowest BCUT2D eigenvalue weighted by molar-refractivity contribution is 0.163. The zero-order valence-corrected chi connectivity index (χ0v) is 9.69. The van der Waals surface area contributed by atoms with E-state index in [4.69, 9.17) is 5.11 Å². The van der Waals surface area contributed by atoms with E-state index >= 15 is 0 Å². The van der Waals surface area contributed by atoms with Gasteiger partial charge in [0.25, 0.3) is 0 Å². The first kappa shape index (κ1) is 13.0. The Kier molecular flexibility index (Phi) is 5.29. The third-order valence-electron chi connectivity index (χ3n) is 2.74. The molecular formula is C13H20O3. The molecule has 0 aromatic heterocycles. The van der Waals surface area contributed by atoms with Crippen molar-refractivity contribution in [3.63, 3.8) is 0 Å². The molecule has 0 fully saturated rings. The van der Waals surface area contributed by atoms with E-state index in [9.17, 15) is 10.2 Å². The highest BCUT2D eigenvalue weighted by molar-refractivity contribution is 5.36. The van der Waals surface area contributed by atoms with Gasteiger partial charge >= 0.3 is 0 Å². The minimum absolute atomic E-state index is 0.0759. The van der Waals surface area contributed by atoms with Gasteiger partial charge in [0.15, 0.2) is 0 Å². The number of hydrogen-bond acceptors (Lipinski definition) is 3. The molecular weight excluding hydrogens is 204 g/mol. The van der Waals surface area contributed by atoms with Crippen LogP contribution in [-0.2, 0) is 6.61 Å². The number of rotatable bonds is 6. The molecule has 1 atom stereocenters. The van der Waals surface area contributed by atoms with Crippen molar-refractivity contribution in [1.82, 2.24) is 0 Å². The van der Waals surface area contributed by atoms with E-state index in [1.54, 1.807) is 12.1 Å². The van der Waals surface area contributed by atoms with Crippen LogP contribution < -0.4 is 0 Å². The molecule has 1 rings (SSSR count).